The second-order valence-corrected chi connectivity index (χ2v) is 12.5. The average molecular weight is 584 g/mol. The molecule has 16 heteroatoms. The number of imidazole rings is 1. The fourth-order valence-electron chi connectivity index (χ4n) is 4.10. The van der Waals surface area contributed by atoms with Gasteiger partial charge in [0.05, 0.1) is 20.0 Å². The summed E-state index contributed by atoms with van der Waals surface area (Å²) in [7, 11) is 4.77. The van der Waals surface area contributed by atoms with Crippen LogP contribution in [0.1, 0.15) is 20.1 Å². The number of halogens is 1. The third kappa shape index (κ3) is 5.98. The van der Waals surface area contributed by atoms with Gasteiger partial charge in [0.1, 0.15) is 24.0 Å². The molecule has 0 unspecified atom stereocenters. The number of benzene rings is 1. The molecule has 1 fully saturated rings. The molecular formula is C23H31FN7O6PS. The van der Waals surface area contributed by atoms with E-state index in [1.807, 2.05) is 0 Å². The third-order valence-electron chi connectivity index (χ3n) is 6.10. The van der Waals surface area contributed by atoms with Gasteiger partial charge in [-0.1, -0.05) is 18.2 Å². The number of aliphatic hydroxyl groups is 1. The molecular weight excluding hydrogens is 552 g/mol. The SMILES string of the molecule is COC(=O)[C@@H](C)N[P@@](=S)(OC[C@H]1O[C@@H](n2cnc3c(N(C)C)nc(N)nc32)[C@](C)(F)[C@@H]1O)Oc1ccccc1. The van der Waals surface area contributed by atoms with Crippen LogP contribution in [-0.2, 0) is 30.6 Å². The van der Waals surface area contributed by atoms with E-state index in [1.54, 1.807) is 56.3 Å². The van der Waals surface area contributed by atoms with Crippen LogP contribution in [0.3, 0.4) is 0 Å². The molecule has 0 saturated carbocycles. The number of anilines is 2. The number of aliphatic hydroxyl groups excluding tert-OH is 1. The Balaban J connectivity index is 1.59. The summed E-state index contributed by atoms with van der Waals surface area (Å²) >= 11 is 5.65. The van der Waals surface area contributed by atoms with Gasteiger partial charge in [-0.05, 0) is 37.8 Å². The van der Waals surface area contributed by atoms with E-state index in [1.165, 1.54) is 24.9 Å². The van der Waals surface area contributed by atoms with Crippen LogP contribution in [0.4, 0.5) is 16.2 Å². The molecule has 1 aliphatic heterocycles. The van der Waals surface area contributed by atoms with Gasteiger partial charge in [0.15, 0.2) is 28.9 Å². The fraction of sp³-hybridized carbons (Fsp3) is 0.478. The van der Waals surface area contributed by atoms with Gasteiger partial charge in [0.25, 0.3) is 0 Å². The number of rotatable bonds is 10. The lowest BCUT2D eigenvalue weighted by Crippen LogP contribution is -2.41. The number of alkyl halides is 1. The Morgan fingerprint density at radius 2 is 2.08 bits per heavy atom. The molecule has 1 aliphatic rings. The van der Waals surface area contributed by atoms with Crippen molar-refractivity contribution in [3.05, 3.63) is 36.7 Å². The average Bonchev–Trinajstić information content (AvgIpc) is 3.39. The zero-order chi connectivity index (χ0) is 28.5. The summed E-state index contributed by atoms with van der Waals surface area (Å²) in [5, 5.41) is 13.8. The number of esters is 1. The highest BCUT2D eigenvalue weighted by atomic mass is 32.5. The van der Waals surface area contributed by atoms with Gasteiger partial charge in [0.2, 0.25) is 5.95 Å². The van der Waals surface area contributed by atoms with Crippen LogP contribution in [0.2, 0.25) is 0 Å². The van der Waals surface area contributed by atoms with Crippen LogP contribution < -0.4 is 20.2 Å². The zero-order valence-electron chi connectivity index (χ0n) is 22.0. The Kier molecular flexibility index (Phi) is 8.40. The zero-order valence-corrected chi connectivity index (χ0v) is 23.7. The van der Waals surface area contributed by atoms with Gasteiger partial charge in [-0.2, -0.15) is 9.97 Å². The minimum atomic E-state index is -3.42. The van der Waals surface area contributed by atoms with Gasteiger partial charge >= 0.3 is 12.6 Å². The number of hydrogen-bond donors (Lipinski definition) is 3. The molecule has 1 saturated heterocycles. The first-order valence-corrected chi connectivity index (χ1v) is 14.5. The number of para-hydroxylation sites is 1. The van der Waals surface area contributed by atoms with Gasteiger partial charge < -0.3 is 34.3 Å². The minimum absolute atomic E-state index is 0.0310. The van der Waals surface area contributed by atoms with E-state index in [9.17, 15) is 9.90 Å². The van der Waals surface area contributed by atoms with Crippen molar-refractivity contribution in [1.82, 2.24) is 24.6 Å². The molecule has 0 spiro atoms. The Bertz CT molecular complexity index is 1380. The minimum Gasteiger partial charge on any atom is -0.468 e. The lowest BCUT2D eigenvalue weighted by atomic mass is 9.98. The van der Waals surface area contributed by atoms with Gasteiger partial charge in [-0.3, -0.25) is 9.36 Å². The molecule has 212 valence electrons. The molecule has 3 heterocycles. The fourth-order valence-corrected chi connectivity index (χ4v) is 6.52. The van der Waals surface area contributed by atoms with Crippen LogP contribution in [0.15, 0.2) is 36.7 Å². The summed E-state index contributed by atoms with van der Waals surface area (Å²) in [6, 6.07) is 7.76. The lowest BCUT2D eigenvalue weighted by molar-refractivity contribution is -0.142. The summed E-state index contributed by atoms with van der Waals surface area (Å²) in [5.74, 6) is 0.227. The van der Waals surface area contributed by atoms with Crippen molar-refractivity contribution in [2.24, 2.45) is 0 Å². The topological polar surface area (TPSA) is 159 Å². The Labute approximate surface area is 229 Å². The molecule has 0 radical (unpaired) electrons. The number of carbonyl (C=O) groups excluding carboxylic acids is 1. The smallest absolute Gasteiger partial charge is 0.323 e. The largest absolute Gasteiger partial charge is 0.468 e. The van der Waals surface area contributed by atoms with Crippen LogP contribution >= 0.6 is 6.64 Å². The van der Waals surface area contributed by atoms with Crippen LogP contribution in [0, 0.1) is 0 Å². The van der Waals surface area contributed by atoms with Gasteiger partial charge in [-0.15, -0.1) is 0 Å². The van der Waals surface area contributed by atoms with Crippen LogP contribution in [0.25, 0.3) is 11.2 Å². The number of nitrogens with zero attached hydrogens (tertiary/aromatic N) is 5. The van der Waals surface area contributed by atoms with E-state index in [0.717, 1.165) is 0 Å². The second kappa shape index (κ2) is 11.3. The number of ether oxygens (including phenoxy) is 2. The van der Waals surface area contributed by atoms with Crippen molar-refractivity contribution in [2.45, 2.75) is 44.0 Å². The standard InChI is InChI=1S/C23H31FN7O6PS/c1-13(20(33)34-5)29-38(39,37-14-9-7-6-8-10-14)35-11-15-17(32)23(2,24)21(36-15)31-12-26-16-18(30(3)4)27-22(25)28-19(16)31/h6-10,12-13,15,17,21,32H,11H2,1-5H3,(H,29,39)(H2,25,27,28)/t13-,15-,17-,21-,23-,38-/m1/s1. The Hall–Kier alpha value is -2.94. The number of carbonyl (C=O) groups is 1. The first-order valence-electron chi connectivity index (χ1n) is 11.9. The maximum Gasteiger partial charge on any atom is 0.323 e. The quantitative estimate of drug-likeness (QED) is 0.235. The first kappa shape index (κ1) is 29.1. The molecule has 1 aromatic carbocycles. The van der Waals surface area contributed by atoms with Crippen LogP contribution in [0.5, 0.6) is 5.75 Å². The lowest BCUT2D eigenvalue weighted by Gasteiger charge is -2.27. The van der Waals surface area contributed by atoms with E-state index in [0.29, 0.717) is 17.1 Å². The number of methoxy groups -OCH3 is 1. The summed E-state index contributed by atoms with van der Waals surface area (Å²) < 4.78 is 39.9. The maximum atomic E-state index is 16.0. The van der Waals surface area contributed by atoms with E-state index in [4.69, 9.17) is 36.1 Å². The van der Waals surface area contributed by atoms with Gasteiger partial charge in [-0.25, -0.2) is 14.5 Å². The van der Waals surface area contributed by atoms with E-state index < -0.39 is 42.8 Å². The number of nitrogens with two attached hydrogens (primary N) is 1. The molecule has 39 heavy (non-hydrogen) atoms. The number of nitrogens with one attached hydrogen (secondary N) is 1. The molecule has 0 aliphatic carbocycles. The molecule has 6 atom stereocenters. The molecule has 0 amide bonds. The monoisotopic (exact) mass is 583 g/mol. The summed E-state index contributed by atoms with van der Waals surface area (Å²) in [6.07, 6.45) is -2.75. The highest BCUT2D eigenvalue weighted by molar-refractivity contribution is 8.09. The number of nitrogen functional groups attached to an aromatic ring is 1. The van der Waals surface area contributed by atoms with Crippen molar-refractivity contribution in [2.75, 3.05) is 38.4 Å². The Morgan fingerprint density at radius 1 is 1.38 bits per heavy atom. The third-order valence-corrected chi connectivity index (χ3v) is 8.60. The van der Waals surface area contributed by atoms with Crippen molar-refractivity contribution < 1.29 is 32.8 Å². The predicted octanol–water partition coefficient (Wildman–Crippen LogP) is 1.93. The maximum absolute atomic E-state index is 16.0. The summed E-state index contributed by atoms with van der Waals surface area (Å²) in [6.45, 7) is -1.02. The first-order chi connectivity index (χ1) is 18.4. The van der Waals surface area contributed by atoms with Crippen molar-refractivity contribution in [1.29, 1.82) is 0 Å². The number of hydrogen-bond acceptors (Lipinski definition) is 12. The molecule has 3 aromatic rings. The molecule has 2 aromatic heterocycles. The van der Waals surface area contributed by atoms with Crippen LogP contribution in [-0.4, -0.2) is 82.3 Å². The molecule has 0 bridgehead atoms. The number of aromatic nitrogens is 4. The molecule has 4 N–H and O–H groups in total. The summed E-state index contributed by atoms with van der Waals surface area (Å²) in [5.41, 5.74) is 4.22. The summed E-state index contributed by atoms with van der Waals surface area (Å²) in [4.78, 5) is 26.5. The van der Waals surface area contributed by atoms with E-state index in [2.05, 4.69) is 20.0 Å². The molecule has 13 nitrogen and oxygen atoms in total. The van der Waals surface area contributed by atoms with E-state index in [-0.39, 0.29) is 18.2 Å². The predicted molar refractivity (Wildman–Crippen MR) is 145 cm³/mol. The van der Waals surface area contributed by atoms with Crippen molar-refractivity contribution >= 4 is 47.3 Å². The highest BCUT2D eigenvalue weighted by Gasteiger charge is 2.56. The molecule has 4 rings (SSSR count). The van der Waals surface area contributed by atoms with Crippen molar-refractivity contribution in [3.63, 3.8) is 0 Å². The number of fused-ring (bicyclic) bond motifs is 1. The van der Waals surface area contributed by atoms with Crippen molar-refractivity contribution in [3.8, 4) is 5.75 Å². The second-order valence-electron chi connectivity index (χ2n) is 9.32. The highest BCUT2D eigenvalue weighted by Crippen LogP contribution is 2.48. The van der Waals surface area contributed by atoms with E-state index >= 15 is 4.39 Å². The van der Waals surface area contributed by atoms with Gasteiger partial charge in [0, 0.05) is 14.1 Å². The Morgan fingerprint density at radius 3 is 2.72 bits per heavy atom. The normalized spacial score (nSPS) is 25.3.